The van der Waals surface area contributed by atoms with Crippen LogP contribution in [0.1, 0.15) is 39.5 Å². The molecule has 0 spiro atoms. The van der Waals surface area contributed by atoms with Crippen molar-refractivity contribution in [3.8, 4) is 0 Å². The van der Waals surface area contributed by atoms with E-state index in [4.69, 9.17) is 10.5 Å². The number of amides is 1. The molecule has 0 aromatic rings. The van der Waals surface area contributed by atoms with E-state index in [2.05, 4.69) is 12.2 Å². The molecule has 0 aromatic heterocycles. The SMILES string of the molecule is CCCCCC(C)NC(=O)COCCN. The summed E-state index contributed by atoms with van der Waals surface area (Å²) in [6, 6.07) is 0.241. The number of ether oxygens (including phenoxy) is 1. The lowest BCUT2D eigenvalue weighted by Crippen LogP contribution is -2.35. The standard InChI is InChI=1S/C11H24N2O2/c1-3-4-5-6-10(2)13-11(14)9-15-8-7-12/h10H,3-9,12H2,1-2H3,(H,13,14). The van der Waals surface area contributed by atoms with Gasteiger partial charge in [0.2, 0.25) is 5.91 Å². The molecule has 0 fully saturated rings. The highest BCUT2D eigenvalue weighted by Gasteiger charge is 2.06. The van der Waals surface area contributed by atoms with E-state index in [1.54, 1.807) is 0 Å². The van der Waals surface area contributed by atoms with Gasteiger partial charge in [0.1, 0.15) is 6.61 Å². The fourth-order valence-electron chi connectivity index (χ4n) is 1.34. The second kappa shape index (κ2) is 9.93. The number of unbranched alkanes of at least 4 members (excludes halogenated alkanes) is 2. The van der Waals surface area contributed by atoms with Crippen molar-refractivity contribution in [3.63, 3.8) is 0 Å². The van der Waals surface area contributed by atoms with Crippen molar-refractivity contribution in [1.82, 2.24) is 5.32 Å². The van der Waals surface area contributed by atoms with Gasteiger partial charge in [0.25, 0.3) is 0 Å². The topological polar surface area (TPSA) is 64.3 Å². The Morgan fingerprint density at radius 2 is 2.20 bits per heavy atom. The van der Waals surface area contributed by atoms with Gasteiger partial charge in [0, 0.05) is 12.6 Å². The predicted molar refractivity (Wildman–Crippen MR) is 61.6 cm³/mol. The van der Waals surface area contributed by atoms with Crippen molar-refractivity contribution in [3.05, 3.63) is 0 Å². The summed E-state index contributed by atoms with van der Waals surface area (Å²) in [6.45, 7) is 5.21. The van der Waals surface area contributed by atoms with Crippen LogP contribution in [0.25, 0.3) is 0 Å². The summed E-state index contributed by atoms with van der Waals surface area (Å²) in [6.07, 6.45) is 4.64. The van der Waals surface area contributed by atoms with E-state index in [0.29, 0.717) is 13.2 Å². The molecule has 0 saturated carbocycles. The van der Waals surface area contributed by atoms with Crippen molar-refractivity contribution in [2.24, 2.45) is 5.73 Å². The maximum Gasteiger partial charge on any atom is 0.246 e. The van der Waals surface area contributed by atoms with Crippen LogP contribution in [0.5, 0.6) is 0 Å². The third-order valence-electron chi connectivity index (χ3n) is 2.14. The molecule has 0 aliphatic carbocycles. The van der Waals surface area contributed by atoms with E-state index in [-0.39, 0.29) is 18.6 Å². The second-order valence-corrected chi connectivity index (χ2v) is 3.81. The average molecular weight is 216 g/mol. The van der Waals surface area contributed by atoms with Crippen molar-refractivity contribution >= 4 is 5.91 Å². The van der Waals surface area contributed by atoms with Crippen molar-refractivity contribution in [2.45, 2.75) is 45.6 Å². The van der Waals surface area contributed by atoms with Gasteiger partial charge in [-0.25, -0.2) is 0 Å². The van der Waals surface area contributed by atoms with E-state index in [1.165, 1.54) is 19.3 Å². The van der Waals surface area contributed by atoms with Gasteiger partial charge in [-0.1, -0.05) is 26.2 Å². The molecule has 1 unspecified atom stereocenters. The number of carbonyl (C=O) groups excluding carboxylic acids is 1. The summed E-state index contributed by atoms with van der Waals surface area (Å²) >= 11 is 0. The minimum atomic E-state index is -0.0487. The number of nitrogens with two attached hydrogens (primary N) is 1. The number of carbonyl (C=O) groups is 1. The van der Waals surface area contributed by atoms with Gasteiger partial charge in [-0.05, 0) is 13.3 Å². The quantitative estimate of drug-likeness (QED) is 0.566. The Labute approximate surface area is 92.6 Å². The normalized spacial score (nSPS) is 12.5. The molecule has 90 valence electrons. The Hall–Kier alpha value is -0.610. The molecule has 0 aliphatic rings. The Morgan fingerprint density at radius 3 is 2.80 bits per heavy atom. The Bertz CT molecular complexity index is 163. The zero-order valence-electron chi connectivity index (χ0n) is 9.92. The number of hydrogen-bond acceptors (Lipinski definition) is 3. The zero-order valence-corrected chi connectivity index (χ0v) is 9.92. The molecule has 0 radical (unpaired) electrons. The van der Waals surface area contributed by atoms with Gasteiger partial charge < -0.3 is 15.8 Å². The van der Waals surface area contributed by atoms with Crippen molar-refractivity contribution in [1.29, 1.82) is 0 Å². The monoisotopic (exact) mass is 216 g/mol. The molecule has 3 N–H and O–H groups in total. The molecule has 0 bridgehead atoms. The molecule has 0 aliphatic heterocycles. The highest BCUT2D eigenvalue weighted by Crippen LogP contribution is 2.02. The molecule has 1 atom stereocenters. The fraction of sp³-hybridized carbons (Fsp3) is 0.909. The molecule has 1 amide bonds. The molecule has 0 saturated heterocycles. The van der Waals surface area contributed by atoms with Crippen LogP contribution in [0.4, 0.5) is 0 Å². The van der Waals surface area contributed by atoms with Crippen LogP contribution >= 0.6 is 0 Å². The highest BCUT2D eigenvalue weighted by molar-refractivity contribution is 5.77. The van der Waals surface area contributed by atoms with Gasteiger partial charge in [-0.2, -0.15) is 0 Å². The number of rotatable bonds is 9. The Balaban J connectivity index is 3.40. The molecular weight excluding hydrogens is 192 g/mol. The van der Waals surface area contributed by atoms with Crippen LogP contribution < -0.4 is 11.1 Å². The maximum absolute atomic E-state index is 11.3. The fourth-order valence-corrected chi connectivity index (χ4v) is 1.34. The minimum absolute atomic E-state index is 0.0487. The summed E-state index contributed by atoms with van der Waals surface area (Å²) in [7, 11) is 0. The lowest BCUT2D eigenvalue weighted by molar-refractivity contribution is -0.126. The van der Waals surface area contributed by atoms with Crippen LogP contribution in [0.15, 0.2) is 0 Å². The third-order valence-corrected chi connectivity index (χ3v) is 2.14. The summed E-state index contributed by atoms with van der Waals surface area (Å²) in [5.41, 5.74) is 5.24. The molecule has 0 rings (SSSR count). The van der Waals surface area contributed by atoms with E-state index < -0.39 is 0 Å². The molecule has 0 aromatic carbocycles. The lowest BCUT2D eigenvalue weighted by atomic mass is 10.1. The first-order valence-electron chi connectivity index (χ1n) is 5.77. The lowest BCUT2D eigenvalue weighted by Gasteiger charge is -2.13. The molecule has 4 nitrogen and oxygen atoms in total. The van der Waals surface area contributed by atoms with Gasteiger partial charge in [-0.15, -0.1) is 0 Å². The van der Waals surface area contributed by atoms with E-state index in [9.17, 15) is 4.79 Å². The van der Waals surface area contributed by atoms with E-state index >= 15 is 0 Å². The van der Waals surface area contributed by atoms with Gasteiger partial charge in [0.05, 0.1) is 6.61 Å². The average Bonchev–Trinajstić information content (AvgIpc) is 2.18. The third kappa shape index (κ3) is 9.69. The second-order valence-electron chi connectivity index (χ2n) is 3.81. The highest BCUT2D eigenvalue weighted by atomic mass is 16.5. The van der Waals surface area contributed by atoms with Gasteiger partial charge in [0.15, 0.2) is 0 Å². The molecular formula is C11H24N2O2. The maximum atomic E-state index is 11.3. The molecule has 15 heavy (non-hydrogen) atoms. The van der Waals surface area contributed by atoms with Crippen LogP contribution in [0, 0.1) is 0 Å². The Kier molecular flexibility index (Phi) is 9.52. The predicted octanol–water partition coefficient (Wildman–Crippen LogP) is 1.05. The van der Waals surface area contributed by atoms with Crippen molar-refractivity contribution in [2.75, 3.05) is 19.8 Å². The van der Waals surface area contributed by atoms with E-state index in [0.717, 1.165) is 6.42 Å². The minimum Gasteiger partial charge on any atom is -0.370 e. The first-order valence-corrected chi connectivity index (χ1v) is 5.77. The Morgan fingerprint density at radius 1 is 1.47 bits per heavy atom. The smallest absolute Gasteiger partial charge is 0.246 e. The summed E-state index contributed by atoms with van der Waals surface area (Å²) < 4.78 is 5.03. The summed E-state index contributed by atoms with van der Waals surface area (Å²) in [4.78, 5) is 11.3. The van der Waals surface area contributed by atoms with E-state index in [1.807, 2.05) is 6.92 Å². The summed E-state index contributed by atoms with van der Waals surface area (Å²) in [5, 5.41) is 2.89. The largest absolute Gasteiger partial charge is 0.370 e. The number of hydrogen-bond donors (Lipinski definition) is 2. The van der Waals surface area contributed by atoms with Crippen LogP contribution in [0.2, 0.25) is 0 Å². The van der Waals surface area contributed by atoms with Gasteiger partial charge in [-0.3, -0.25) is 4.79 Å². The first-order chi connectivity index (χ1) is 7.20. The van der Waals surface area contributed by atoms with Crippen LogP contribution in [-0.2, 0) is 9.53 Å². The zero-order chi connectivity index (χ0) is 11.5. The first kappa shape index (κ1) is 14.4. The van der Waals surface area contributed by atoms with Crippen LogP contribution in [0.3, 0.4) is 0 Å². The number of nitrogens with one attached hydrogen (secondary N) is 1. The van der Waals surface area contributed by atoms with Gasteiger partial charge >= 0.3 is 0 Å². The van der Waals surface area contributed by atoms with Crippen molar-refractivity contribution < 1.29 is 9.53 Å². The molecule has 4 heteroatoms. The molecule has 0 heterocycles. The van der Waals surface area contributed by atoms with Crippen LogP contribution in [-0.4, -0.2) is 31.7 Å². The summed E-state index contributed by atoms with van der Waals surface area (Å²) in [5.74, 6) is -0.0487.